The van der Waals surface area contributed by atoms with Crippen molar-refractivity contribution in [2.75, 3.05) is 6.54 Å². The topological polar surface area (TPSA) is 69.6 Å². The largest absolute Gasteiger partial charge is 0.480 e. The zero-order valence-electron chi connectivity index (χ0n) is 9.98. The molecule has 1 aliphatic heterocycles. The molecule has 0 aromatic heterocycles. The molecule has 0 spiro atoms. The highest BCUT2D eigenvalue weighted by molar-refractivity contribution is 5.83. The zero-order valence-corrected chi connectivity index (χ0v) is 9.98. The summed E-state index contributed by atoms with van der Waals surface area (Å²) in [6.45, 7) is 2.46. The quantitative estimate of drug-likeness (QED) is 0.719. The van der Waals surface area contributed by atoms with Gasteiger partial charge < -0.3 is 15.3 Å². The van der Waals surface area contributed by atoms with Gasteiger partial charge in [0, 0.05) is 6.54 Å². The highest BCUT2D eigenvalue weighted by Crippen LogP contribution is 2.17. The number of terminal acetylenes is 1. The van der Waals surface area contributed by atoms with E-state index in [9.17, 15) is 9.59 Å². The molecule has 0 saturated carbocycles. The van der Waals surface area contributed by atoms with E-state index in [0.29, 0.717) is 19.4 Å². The minimum absolute atomic E-state index is 0.317. The molecule has 2 atom stereocenters. The van der Waals surface area contributed by atoms with Gasteiger partial charge >= 0.3 is 12.0 Å². The van der Waals surface area contributed by atoms with Crippen LogP contribution >= 0.6 is 0 Å². The summed E-state index contributed by atoms with van der Waals surface area (Å²) >= 11 is 0. The lowest BCUT2D eigenvalue weighted by atomic mass is 10.2. The van der Waals surface area contributed by atoms with Crippen LogP contribution in [0.2, 0.25) is 0 Å². The molecule has 2 unspecified atom stereocenters. The number of rotatable bonds is 4. The molecule has 5 heteroatoms. The van der Waals surface area contributed by atoms with Crippen LogP contribution in [0.1, 0.15) is 32.6 Å². The van der Waals surface area contributed by atoms with Crippen molar-refractivity contribution in [3.63, 3.8) is 0 Å². The number of amides is 2. The van der Waals surface area contributed by atoms with E-state index < -0.39 is 12.0 Å². The van der Waals surface area contributed by atoms with Gasteiger partial charge in [-0.25, -0.2) is 9.59 Å². The Balaban J connectivity index is 2.57. The van der Waals surface area contributed by atoms with E-state index in [-0.39, 0.29) is 12.1 Å². The van der Waals surface area contributed by atoms with E-state index in [4.69, 9.17) is 11.5 Å². The first-order chi connectivity index (χ1) is 8.10. The third-order valence-corrected chi connectivity index (χ3v) is 2.87. The Labute approximate surface area is 101 Å². The fourth-order valence-electron chi connectivity index (χ4n) is 1.98. The molecular formula is C12H18N2O3. The van der Waals surface area contributed by atoms with Crippen molar-refractivity contribution in [1.29, 1.82) is 0 Å². The number of nitrogens with one attached hydrogen (secondary N) is 1. The van der Waals surface area contributed by atoms with Crippen LogP contribution in [0.25, 0.3) is 0 Å². The zero-order chi connectivity index (χ0) is 12.8. The van der Waals surface area contributed by atoms with Crippen LogP contribution in [0, 0.1) is 12.3 Å². The predicted molar refractivity (Wildman–Crippen MR) is 63.4 cm³/mol. The average molecular weight is 238 g/mol. The van der Waals surface area contributed by atoms with Crippen molar-refractivity contribution in [3.8, 4) is 12.3 Å². The Bertz CT molecular complexity index is 335. The molecule has 1 fully saturated rings. The SMILES string of the molecule is C#CC(CCC)NC(=O)N1CCCC1C(=O)O. The van der Waals surface area contributed by atoms with Crippen molar-refractivity contribution < 1.29 is 14.7 Å². The monoisotopic (exact) mass is 238 g/mol. The average Bonchev–Trinajstić information content (AvgIpc) is 2.77. The molecule has 0 aromatic carbocycles. The van der Waals surface area contributed by atoms with Crippen molar-refractivity contribution in [2.24, 2.45) is 0 Å². The number of urea groups is 1. The molecular weight excluding hydrogens is 220 g/mol. The summed E-state index contributed by atoms with van der Waals surface area (Å²) < 4.78 is 0. The molecule has 2 N–H and O–H groups in total. The summed E-state index contributed by atoms with van der Waals surface area (Å²) in [7, 11) is 0. The minimum Gasteiger partial charge on any atom is -0.480 e. The first kappa shape index (κ1) is 13.4. The lowest BCUT2D eigenvalue weighted by molar-refractivity contribution is -0.141. The van der Waals surface area contributed by atoms with Crippen LogP contribution in [0.15, 0.2) is 0 Å². The first-order valence-corrected chi connectivity index (χ1v) is 5.86. The van der Waals surface area contributed by atoms with Crippen molar-refractivity contribution in [2.45, 2.75) is 44.7 Å². The lowest BCUT2D eigenvalue weighted by Gasteiger charge is -2.23. The number of carboxylic acid groups (broad SMARTS) is 1. The number of likely N-dealkylation sites (tertiary alicyclic amines) is 1. The summed E-state index contributed by atoms with van der Waals surface area (Å²) in [4.78, 5) is 24.1. The number of carbonyl (C=O) groups is 2. The van der Waals surface area contributed by atoms with Gasteiger partial charge in [0.25, 0.3) is 0 Å². The van der Waals surface area contributed by atoms with Gasteiger partial charge in [-0.3, -0.25) is 0 Å². The number of aliphatic carboxylic acids is 1. The standard InChI is InChI=1S/C12H18N2O3/c1-3-6-9(4-2)13-12(17)14-8-5-7-10(14)11(15)16/h2,9-10H,3,5-8H2,1H3,(H,13,17)(H,15,16). The van der Waals surface area contributed by atoms with E-state index in [1.807, 2.05) is 6.92 Å². The number of carboxylic acids is 1. The molecule has 2 amide bonds. The Morgan fingerprint density at radius 1 is 1.65 bits per heavy atom. The minimum atomic E-state index is -0.953. The molecule has 1 aliphatic rings. The van der Waals surface area contributed by atoms with Crippen LogP contribution in [-0.2, 0) is 4.79 Å². The Morgan fingerprint density at radius 2 is 2.35 bits per heavy atom. The van der Waals surface area contributed by atoms with Gasteiger partial charge in [0.05, 0.1) is 6.04 Å². The van der Waals surface area contributed by atoms with Gasteiger partial charge in [-0.05, 0) is 19.3 Å². The molecule has 5 nitrogen and oxygen atoms in total. The fourth-order valence-corrected chi connectivity index (χ4v) is 1.98. The van der Waals surface area contributed by atoms with Gasteiger partial charge in [-0.2, -0.15) is 0 Å². The van der Waals surface area contributed by atoms with Crippen molar-refractivity contribution in [1.82, 2.24) is 10.2 Å². The van der Waals surface area contributed by atoms with Gasteiger partial charge in [0.1, 0.15) is 6.04 Å². The van der Waals surface area contributed by atoms with E-state index in [0.717, 1.165) is 12.8 Å². The number of carbonyl (C=O) groups excluding carboxylic acids is 1. The third-order valence-electron chi connectivity index (χ3n) is 2.87. The molecule has 0 aliphatic carbocycles. The maximum absolute atomic E-state index is 11.9. The van der Waals surface area contributed by atoms with Gasteiger partial charge in [0.15, 0.2) is 0 Å². The Morgan fingerprint density at radius 3 is 2.88 bits per heavy atom. The molecule has 0 aromatic rings. The molecule has 0 radical (unpaired) electrons. The Hall–Kier alpha value is -1.70. The second-order valence-electron chi connectivity index (χ2n) is 4.15. The van der Waals surface area contributed by atoms with Gasteiger partial charge in [-0.15, -0.1) is 6.42 Å². The highest BCUT2D eigenvalue weighted by Gasteiger charge is 2.34. The van der Waals surface area contributed by atoms with Crippen LogP contribution in [0.4, 0.5) is 4.79 Å². The number of nitrogens with zero attached hydrogens (tertiary/aromatic N) is 1. The number of hydrogen-bond donors (Lipinski definition) is 2. The molecule has 17 heavy (non-hydrogen) atoms. The summed E-state index contributed by atoms with van der Waals surface area (Å²) in [5.41, 5.74) is 0. The lowest BCUT2D eigenvalue weighted by Crippen LogP contribution is -2.48. The normalized spacial score (nSPS) is 20.7. The maximum atomic E-state index is 11.9. The maximum Gasteiger partial charge on any atom is 0.326 e. The predicted octanol–water partition coefficient (Wildman–Crippen LogP) is 1.05. The van der Waals surface area contributed by atoms with Crippen LogP contribution < -0.4 is 5.32 Å². The third kappa shape index (κ3) is 3.38. The van der Waals surface area contributed by atoms with Gasteiger partial charge in [0.2, 0.25) is 0 Å². The van der Waals surface area contributed by atoms with E-state index in [1.54, 1.807) is 0 Å². The molecule has 1 heterocycles. The number of hydrogen-bond acceptors (Lipinski definition) is 2. The van der Waals surface area contributed by atoms with E-state index in [1.165, 1.54) is 4.90 Å². The molecule has 94 valence electrons. The second-order valence-corrected chi connectivity index (χ2v) is 4.15. The molecule has 1 saturated heterocycles. The summed E-state index contributed by atoms with van der Waals surface area (Å²) in [6, 6.07) is -1.40. The highest BCUT2D eigenvalue weighted by atomic mass is 16.4. The summed E-state index contributed by atoms with van der Waals surface area (Å²) in [5.74, 6) is 1.54. The molecule has 1 rings (SSSR count). The molecule has 0 bridgehead atoms. The fraction of sp³-hybridized carbons (Fsp3) is 0.667. The first-order valence-electron chi connectivity index (χ1n) is 5.86. The smallest absolute Gasteiger partial charge is 0.326 e. The summed E-state index contributed by atoms with van der Waals surface area (Å²) in [5, 5.41) is 11.6. The van der Waals surface area contributed by atoms with Crippen LogP contribution in [0.5, 0.6) is 0 Å². The Kier molecular flexibility index (Phi) is 4.83. The van der Waals surface area contributed by atoms with Crippen LogP contribution in [0.3, 0.4) is 0 Å². The van der Waals surface area contributed by atoms with E-state index in [2.05, 4.69) is 11.2 Å². The van der Waals surface area contributed by atoms with Crippen molar-refractivity contribution >= 4 is 12.0 Å². The second kappa shape index (κ2) is 6.14. The van der Waals surface area contributed by atoms with Crippen LogP contribution in [-0.4, -0.2) is 40.6 Å². The van der Waals surface area contributed by atoms with Crippen molar-refractivity contribution in [3.05, 3.63) is 0 Å². The van der Waals surface area contributed by atoms with Gasteiger partial charge in [-0.1, -0.05) is 19.3 Å². The summed E-state index contributed by atoms with van der Waals surface area (Å²) in [6.07, 6.45) is 8.11. The van der Waals surface area contributed by atoms with E-state index >= 15 is 0 Å².